The lowest BCUT2D eigenvalue weighted by Crippen LogP contribution is -2.38. The Morgan fingerprint density at radius 2 is 1.94 bits per heavy atom. The molecular weight excluding hydrogens is 267 g/mol. The van der Waals surface area contributed by atoms with Gasteiger partial charge in [0.2, 0.25) is 0 Å². The number of phenolic OH excluding ortho intramolecular Hbond substituents is 1. The lowest BCUT2D eigenvalue weighted by molar-refractivity contribution is -0.150. The van der Waals surface area contributed by atoms with Crippen molar-refractivity contribution >= 4 is 11.6 Å². The first-order valence-electron chi connectivity index (χ1n) is 5.48. The van der Waals surface area contributed by atoms with E-state index >= 15 is 0 Å². The van der Waals surface area contributed by atoms with Gasteiger partial charge in [-0.05, 0) is 19.9 Å². The van der Waals surface area contributed by atoms with E-state index in [1.165, 1.54) is 11.0 Å². The predicted molar refractivity (Wildman–Crippen MR) is 64.7 cm³/mol. The van der Waals surface area contributed by atoms with Crippen molar-refractivity contribution in [3.63, 3.8) is 0 Å². The fraction of sp³-hybridized carbons (Fsp3) is 0.500. The highest BCUT2D eigenvalue weighted by atomic mass is 35.5. The number of para-hydroxylation sites is 1. The van der Waals surface area contributed by atoms with Crippen molar-refractivity contribution in [2.75, 3.05) is 6.54 Å². The molecule has 0 bridgehead atoms. The standard InChI is InChI=1S/C12H15ClF3NO/c1-8(2)17(7-12(14,15)16)6-9-4-3-5-10(13)11(9)18/h3-5,8,18H,6-7H2,1-2H3. The molecule has 1 aromatic carbocycles. The summed E-state index contributed by atoms with van der Waals surface area (Å²) in [6.07, 6.45) is -4.27. The molecule has 0 aliphatic rings. The molecule has 0 amide bonds. The molecule has 1 aromatic rings. The zero-order chi connectivity index (χ0) is 13.9. The summed E-state index contributed by atoms with van der Waals surface area (Å²) in [5.41, 5.74) is 0.389. The van der Waals surface area contributed by atoms with Gasteiger partial charge in [-0.2, -0.15) is 13.2 Å². The Kier molecular flexibility index (Phi) is 4.87. The second kappa shape index (κ2) is 5.80. The minimum atomic E-state index is -4.27. The number of nitrogens with zero attached hydrogens (tertiary/aromatic N) is 1. The van der Waals surface area contributed by atoms with Crippen molar-refractivity contribution in [2.24, 2.45) is 0 Å². The van der Waals surface area contributed by atoms with E-state index < -0.39 is 12.7 Å². The maximum absolute atomic E-state index is 12.4. The number of alkyl halides is 3. The van der Waals surface area contributed by atoms with Gasteiger partial charge >= 0.3 is 6.18 Å². The average Bonchev–Trinajstić information content (AvgIpc) is 2.21. The van der Waals surface area contributed by atoms with Gasteiger partial charge in [0.1, 0.15) is 5.75 Å². The van der Waals surface area contributed by atoms with E-state index in [4.69, 9.17) is 11.6 Å². The van der Waals surface area contributed by atoms with Gasteiger partial charge in [-0.3, -0.25) is 4.90 Å². The van der Waals surface area contributed by atoms with E-state index in [0.717, 1.165) is 0 Å². The van der Waals surface area contributed by atoms with Crippen molar-refractivity contribution in [1.82, 2.24) is 4.90 Å². The van der Waals surface area contributed by atoms with E-state index in [1.807, 2.05) is 0 Å². The van der Waals surface area contributed by atoms with Gasteiger partial charge in [0.25, 0.3) is 0 Å². The summed E-state index contributed by atoms with van der Waals surface area (Å²) < 4.78 is 37.3. The van der Waals surface area contributed by atoms with Gasteiger partial charge in [0.15, 0.2) is 0 Å². The summed E-state index contributed by atoms with van der Waals surface area (Å²) in [6.45, 7) is 2.33. The number of benzene rings is 1. The van der Waals surface area contributed by atoms with Gasteiger partial charge < -0.3 is 5.11 Å². The number of aromatic hydroxyl groups is 1. The Morgan fingerprint density at radius 3 is 2.44 bits per heavy atom. The van der Waals surface area contributed by atoms with Crippen LogP contribution in [0.5, 0.6) is 5.75 Å². The number of rotatable bonds is 4. The molecule has 1 N–H and O–H groups in total. The average molecular weight is 282 g/mol. The molecule has 2 nitrogen and oxygen atoms in total. The van der Waals surface area contributed by atoms with Crippen molar-refractivity contribution in [2.45, 2.75) is 32.6 Å². The van der Waals surface area contributed by atoms with Crippen LogP contribution >= 0.6 is 11.6 Å². The van der Waals surface area contributed by atoms with Crippen LogP contribution in [-0.4, -0.2) is 28.8 Å². The fourth-order valence-electron chi connectivity index (χ4n) is 1.56. The third kappa shape index (κ3) is 4.38. The maximum atomic E-state index is 12.4. The van der Waals surface area contributed by atoms with Crippen LogP contribution < -0.4 is 0 Å². The van der Waals surface area contributed by atoms with Gasteiger partial charge in [0, 0.05) is 18.2 Å². The number of hydrogen-bond donors (Lipinski definition) is 1. The first kappa shape index (κ1) is 15.1. The van der Waals surface area contributed by atoms with Crippen LogP contribution in [0, 0.1) is 0 Å². The molecule has 0 aliphatic heterocycles. The predicted octanol–water partition coefficient (Wildman–Crippen LogP) is 3.82. The van der Waals surface area contributed by atoms with Crippen molar-refractivity contribution in [3.05, 3.63) is 28.8 Å². The highest BCUT2D eigenvalue weighted by Gasteiger charge is 2.32. The normalized spacial score (nSPS) is 12.4. The molecule has 0 unspecified atom stereocenters. The van der Waals surface area contributed by atoms with Crippen LogP contribution in [0.3, 0.4) is 0 Å². The fourth-order valence-corrected chi connectivity index (χ4v) is 1.75. The lowest BCUT2D eigenvalue weighted by atomic mass is 10.1. The van der Waals surface area contributed by atoms with Gasteiger partial charge in [-0.15, -0.1) is 0 Å². The summed E-state index contributed by atoms with van der Waals surface area (Å²) in [7, 11) is 0. The molecule has 0 spiro atoms. The summed E-state index contributed by atoms with van der Waals surface area (Å²) >= 11 is 5.72. The third-order valence-corrected chi connectivity index (χ3v) is 2.86. The zero-order valence-electron chi connectivity index (χ0n) is 10.1. The Labute approximate surface area is 109 Å². The van der Waals surface area contributed by atoms with Crippen molar-refractivity contribution < 1.29 is 18.3 Å². The quantitative estimate of drug-likeness (QED) is 0.907. The van der Waals surface area contributed by atoms with Crippen molar-refractivity contribution in [1.29, 1.82) is 0 Å². The molecule has 0 saturated heterocycles. The number of phenols is 1. The Balaban J connectivity index is 2.87. The van der Waals surface area contributed by atoms with E-state index in [0.29, 0.717) is 5.56 Å². The second-order valence-corrected chi connectivity index (χ2v) is 4.77. The molecule has 0 radical (unpaired) electrons. The first-order valence-corrected chi connectivity index (χ1v) is 5.85. The van der Waals surface area contributed by atoms with Gasteiger partial charge in [-0.25, -0.2) is 0 Å². The van der Waals surface area contributed by atoms with Crippen LogP contribution in [0.1, 0.15) is 19.4 Å². The maximum Gasteiger partial charge on any atom is 0.401 e. The minimum absolute atomic E-state index is 0.00354. The Bertz CT molecular complexity index is 407. The summed E-state index contributed by atoms with van der Waals surface area (Å²) in [5.74, 6) is -0.160. The van der Waals surface area contributed by atoms with Gasteiger partial charge in [0.05, 0.1) is 11.6 Å². The number of hydrogen-bond acceptors (Lipinski definition) is 2. The molecule has 0 atom stereocenters. The Morgan fingerprint density at radius 1 is 1.33 bits per heavy atom. The van der Waals surface area contributed by atoms with Crippen LogP contribution in [0.2, 0.25) is 5.02 Å². The molecule has 1 rings (SSSR count). The molecule has 6 heteroatoms. The molecule has 102 valence electrons. The molecule has 0 aliphatic carbocycles. The van der Waals surface area contributed by atoms with Crippen molar-refractivity contribution in [3.8, 4) is 5.75 Å². The molecule has 18 heavy (non-hydrogen) atoms. The largest absolute Gasteiger partial charge is 0.506 e. The van der Waals surface area contributed by atoms with Crippen LogP contribution in [0.4, 0.5) is 13.2 Å². The monoisotopic (exact) mass is 281 g/mol. The summed E-state index contributed by atoms with van der Waals surface area (Å²) in [6, 6.07) is 4.37. The summed E-state index contributed by atoms with van der Waals surface area (Å²) in [5, 5.41) is 9.83. The number of halogens is 4. The Hall–Kier alpha value is -0.940. The molecular formula is C12H15ClF3NO. The van der Waals surface area contributed by atoms with Crippen LogP contribution in [0.25, 0.3) is 0 Å². The third-order valence-electron chi connectivity index (χ3n) is 2.56. The topological polar surface area (TPSA) is 23.5 Å². The lowest BCUT2D eigenvalue weighted by Gasteiger charge is -2.27. The van der Waals surface area contributed by atoms with E-state index in [-0.39, 0.29) is 23.4 Å². The second-order valence-electron chi connectivity index (χ2n) is 4.36. The van der Waals surface area contributed by atoms with Crippen LogP contribution in [-0.2, 0) is 6.54 Å². The molecule has 0 fully saturated rings. The molecule has 0 saturated carbocycles. The first-order chi connectivity index (χ1) is 8.20. The summed E-state index contributed by atoms with van der Waals surface area (Å²) in [4.78, 5) is 1.23. The zero-order valence-corrected chi connectivity index (χ0v) is 10.9. The smallest absolute Gasteiger partial charge is 0.401 e. The SMILES string of the molecule is CC(C)N(Cc1cccc(Cl)c1O)CC(F)(F)F. The minimum Gasteiger partial charge on any atom is -0.506 e. The van der Waals surface area contributed by atoms with E-state index in [9.17, 15) is 18.3 Å². The molecule has 0 heterocycles. The molecule has 0 aromatic heterocycles. The van der Waals surface area contributed by atoms with E-state index in [2.05, 4.69) is 0 Å². The van der Waals surface area contributed by atoms with E-state index in [1.54, 1.807) is 26.0 Å². The highest BCUT2D eigenvalue weighted by Crippen LogP contribution is 2.29. The van der Waals surface area contributed by atoms with Gasteiger partial charge in [-0.1, -0.05) is 23.7 Å². The van der Waals surface area contributed by atoms with Crippen LogP contribution in [0.15, 0.2) is 18.2 Å². The highest BCUT2D eigenvalue weighted by molar-refractivity contribution is 6.32.